The van der Waals surface area contributed by atoms with Gasteiger partial charge in [0.2, 0.25) is 0 Å². The molecule has 0 fully saturated rings. The van der Waals surface area contributed by atoms with E-state index < -0.39 is 0 Å². The molecule has 14 aromatic heterocycles. The molecule has 14 heteroatoms. The van der Waals surface area contributed by atoms with Gasteiger partial charge in [-0.2, -0.15) is 0 Å². The van der Waals surface area contributed by atoms with Crippen LogP contribution in [0, 0.1) is 48.5 Å². The third-order valence-corrected chi connectivity index (χ3v) is 23.8. The molecular weight excluding hydrogens is 1280 g/mol. The number of aromatic nitrogens is 12. The van der Waals surface area contributed by atoms with E-state index in [-0.39, 0.29) is 0 Å². The fraction of sp³-hybridized carbons (Fsp3) is 0.195. The predicted octanol–water partition coefficient (Wildman–Crippen LogP) is 21.8. The third kappa shape index (κ3) is 11.1. The van der Waals surface area contributed by atoms with E-state index in [1.165, 1.54) is 179 Å². The SMILES string of the molecule is Cc1c2c3ccccc3n(C)c2cn1C.Cc1cc2c(c3ccccc3n2C)n1C.Cc1cc2c3ccccc3n(C)c2n1C.Cc1cc2c3ccccc3sc2n1C.Cc1cc2sc3ccccc3c2n1C.Cc1cn2c3ccccc3cc2n1C.Cc1cn2cc3ccccc3c2n1C. The summed E-state index contributed by atoms with van der Waals surface area (Å²) in [7, 11) is 21.2. The van der Waals surface area contributed by atoms with Crippen LogP contribution in [-0.4, -0.2) is 54.5 Å². The molecule has 7 aromatic carbocycles. The van der Waals surface area contributed by atoms with Gasteiger partial charge in [0.15, 0.2) is 0 Å². The molecule has 0 N–H and O–H groups in total. The highest BCUT2D eigenvalue weighted by molar-refractivity contribution is 7.26. The summed E-state index contributed by atoms with van der Waals surface area (Å²) in [6.45, 7) is 15.0. The standard InChI is InChI=1S/3C13H14N2.2C12H12N2.2C12H11NS/c1-9-13-10-6-4-5-7-11(10)15(3)12(13)8-14(9)2;1-9-8-11-10-6-4-5-7-12(10)15(3)13(11)14(9)2;1-9-8-12-13(14(9)2)10-6-4-5-7-11(10)15(12)3;1-9-8-14-11-6-4-3-5-10(11)7-12(14)13(9)2;1-9-7-14-8-10-5-3-4-6-11(10)12(14)13(9)2;1-8-7-10-9-5-3-4-6-11(9)14-12(10)13(8)2;1-8-7-11-12(13(8)2)9-5-3-4-6-10(9)14-11/h3*4-8H,1-3H3;2*3-8H,1-2H3;2*3-7H,1-2H3. The van der Waals surface area contributed by atoms with E-state index in [0.717, 1.165) is 0 Å². The molecule has 0 bridgehead atoms. The first-order valence-corrected chi connectivity index (χ1v) is 36.2. The molecule has 12 nitrogen and oxygen atoms in total. The summed E-state index contributed by atoms with van der Waals surface area (Å²) in [6, 6.07) is 71.1. The third-order valence-electron chi connectivity index (χ3n) is 21.4. The van der Waals surface area contributed by atoms with Crippen molar-refractivity contribution in [1.29, 1.82) is 0 Å². The van der Waals surface area contributed by atoms with Crippen molar-refractivity contribution in [2.75, 3.05) is 0 Å². The van der Waals surface area contributed by atoms with Gasteiger partial charge in [-0.25, -0.2) is 0 Å². The molecule has 0 aliphatic rings. The number of nitrogens with zero attached hydrogens (tertiary/aromatic N) is 12. The van der Waals surface area contributed by atoms with Crippen molar-refractivity contribution < 1.29 is 0 Å². The van der Waals surface area contributed by atoms with Gasteiger partial charge in [-0.05, 0) is 115 Å². The smallest absolute Gasteiger partial charge is 0.124 e. The zero-order valence-corrected chi connectivity index (χ0v) is 62.7. The first-order valence-electron chi connectivity index (χ1n) is 34.6. The van der Waals surface area contributed by atoms with Gasteiger partial charge in [0.1, 0.15) is 21.8 Å². The summed E-state index contributed by atoms with van der Waals surface area (Å²) in [5, 5.41) is 14.9. The molecule has 14 heterocycles. The van der Waals surface area contributed by atoms with Gasteiger partial charge >= 0.3 is 0 Å². The monoisotopic (exact) mass is 1360 g/mol. The zero-order chi connectivity index (χ0) is 70.6. The maximum absolute atomic E-state index is 2.27. The Bertz CT molecular complexity index is 6330. The fourth-order valence-corrected chi connectivity index (χ4v) is 17.6. The molecule has 0 saturated carbocycles. The van der Waals surface area contributed by atoms with Crippen molar-refractivity contribution in [2.24, 2.45) is 70.5 Å². The first-order chi connectivity index (χ1) is 48.7. The molecule has 21 rings (SSSR count). The zero-order valence-electron chi connectivity index (χ0n) is 61.0. The van der Waals surface area contributed by atoms with Crippen molar-refractivity contribution in [3.63, 3.8) is 0 Å². The summed E-state index contributed by atoms with van der Waals surface area (Å²) < 4.78 is 31.0. The number of imidazole rings is 2. The van der Waals surface area contributed by atoms with Gasteiger partial charge in [0.25, 0.3) is 0 Å². The van der Waals surface area contributed by atoms with Crippen molar-refractivity contribution in [2.45, 2.75) is 48.5 Å². The second-order valence-corrected chi connectivity index (χ2v) is 29.4. The summed E-state index contributed by atoms with van der Waals surface area (Å²) in [4.78, 5) is 1.38. The molecule has 101 heavy (non-hydrogen) atoms. The lowest BCUT2D eigenvalue weighted by molar-refractivity contribution is 0.856. The van der Waals surface area contributed by atoms with E-state index in [2.05, 4.69) is 398 Å². The first kappa shape index (κ1) is 65.9. The Hall–Kier alpha value is -11.1. The van der Waals surface area contributed by atoms with Gasteiger partial charge in [-0.3, -0.25) is 0 Å². The van der Waals surface area contributed by atoms with Crippen molar-refractivity contribution >= 4 is 162 Å². The van der Waals surface area contributed by atoms with E-state index in [9.17, 15) is 0 Å². The molecule has 0 aliphatic heterocycles. The number of benzene rings is 7. The molecule has 21 aromatic rings. The van der Waals surface area contributed by atoms with Crippen LogP contribution in [0.15, 0.2) is 225 Å². The normalized spacial score (nSPS) is 11.6. The molecule has 0 saturated heterocycles. The van der Waals surface area contributed by atoms with Crippen LogP contribution >= 0.6 is 22.7 Å². The maximum atomic E-state index is 2.27. The van der Waals surface area contributed by atoms with Gasteiger partial charge in [-0.1, -0.05) is 133 Å². The number of hydrogen-bond donors (Lipinski definition) is 0. The number of fused-ring (bicyclic) bond motifs is 21. The quantitative estimate of drug-likeness (QED) is 0.145. The van der Waals surface area contributed by atoms with Crippen molar-refractivity contribution in [3.05, 3.63) is 265 Å². The number of hydrogen-bond acceptors (Lipinski definition) is 2. The van der Waals surface area contributed by atoms with E-state index in [0.29, 0.717) is 0 Å². The number of rotatable bonds is 0. The lowest BCUT2D eigenvalue weighted by Crippen LogP contribution is -1.96. The van der Waals surface area contributed by atoms with Gasteiger partial charge in [0.05, 0.1) is 43.3 Å². The Morgan fingerprint density at radius 3 is 1.47 bits per heavy atom. The molecule has 0 atom stereocenters. The van der Waals surface area contributed by atoms with Crippen LogP contribution in [0.3, 0.4) is 0 Å². The Morgan fingerprint density at radius 2 is 0.762 bits per heavy atom. The number of thiophene rings is 2. The van der Waals surface area contributed by atoms with Gasteiger partial charge < -0.3 is 54.5 Å². The van der Waals surface area contributed by atoms with Crippen LogP contribution in [0.25, 0.3) is 139 Å². The summed E-state index contributed by atoms with van der Waals surface area (Å²) in [6.07, 6.45) is 8.72. The Morgan fingerprint density at radius 1 is 0.267 bits per heavy atom. The van der Waals surface area contributed by atoms with Crippen molar-refractivity contribution in [3.8, 4) is 0 Å². The summed E-state index contributed by atoms with van der Waals surface area (Å²) in [5.74, 6) is 0. The van der Waals surface area contributed by atoms with Crippen LogP contribution in [-0.2, 0) is 70.5 Å². The molecule has 0 amide bonds. The minimum Gasteiger partial charge on any atom is -0.352 e. The van der Waals surface area contributed by atoms with Crippen LogP contribution < -0.4 is 0 Å². The number of aryl methyl sites for hydroxylation is 17. The van der Waals surface area contributed by atoms with E-state index >= 15 is 0 Å². The molecule has 0 radical (unpaired) electrons. The van der Waals surface area contributed by atoms with E-state index in [1.807, 2.05) is 22.7 Å². The van der Waals surface area contributed by atoms with Crippen LogP contribution in [0.1, 0.15) is 39.9 Å². The van der Waals surface area contributed by atoms with Crippen LogP contribution in [0.4, 0.5) is 0 Å². The Balaban J connectivity index is 0.0000000955. The highest BCUT2D eigenvalue weighted by Crippen LogP contribution is 2.38. The molecule has 0 unspecified atom stereocenters. The van der Waals surface area contributed by atoms with E-state index in [4.69, 9.17) is 0 Å². The van der Waals surface area contributed by atoms with E-state index in [1.54, 1.807) is 0 Å². The number of para-hydroxylation sites is 4. The summed E-state index contributed by atoms with van der Waals surface area (Å²) >= 11 is 3.75. The predicted molar refractivity (Wildman–Crippen MR) is 436 cm³/mol. The molecular formula is C87H88N12S2. The topological polar surface area (TPSA) is 58.1 Å². The molecule has 0 aliphatic carbocycles. The van der Waals surface area contributed by atoms with Crippen molar-refractivity contribution in [1.82, 2.24) is 54.5 Å². The Kier molecular flexibility index (Phi) is 16.9. The average molecular weight is 1370 g/mol. The summed E-state index contributed by atoms with van der Waals surface area (Å²) in [5.41, 5.74) is 23.6. The second kappa shape index (κ2) is 25.9. The fourth-order valence-electron chi connectivity index (χ4n) is 15.2. The highest BCUT2D eigenvalue weighted by atomic mass is 32.1. The van der Waals surface area contributed by atoms with Gasteiger partial charge in [0, 0.05) is 209 Å². The maximum Gasteiger partial charge on any atom is 0.124 e. The van der Waals surface area contributed by atoms with Crippen LogP contribution in [0.5, 0.6) is 0 Å². The molecule has 0 spiro atoms. The largest absolute Gasteiger partial charge is 0.352 e. The second-order valence-electron chi connectivity index (χ2n) is 27.3. The minimum atomic E-state index is 1.25. The van der Waals surface area contributed by atoms with Crippen LogP contribution in [0.2, 0.25) is 0 Å². The lowest BCUT2D eigenvalue weighted by atomic mass is 10.2. The highest BCUT2D eigenvalue weighted by Gasteiger charge is 2.17. The van der Waals surface area contributed by atoms with Gasteiger partial charge in [-0.15, -0.1) is 22.7 Å². The Labute approximate surface area is 596 Å². The lowest BCUT2D eigenvalue weighted by Gasteiger charge is -2.02. The minimum absolute atomic E-state index is 1.25. The average Bonchev–Trinajstić information content (AvgIpc) is 1.63. The molecule has 508 valence electrons.